The van der Waals surface area contributed by atoms with Crippen LogP contribution in [0.2, 0.25) is 0 Å². The number of aromatic nitrogens is 3. The molecule has 1 unspecified atom stereocenters. The molecule has 1 amide bonds. The predicted octanol–water partition coefficient (Wildman–Crippen LogP) is 1.56. The molecular weight excluding hydrogens is 314 g/mol. The Balaban J connectivity index is 1.31. The van der Waals surface area contributed by atoms with Gasteiger partial charge >= 0.3 is 0 Å². The summed E-state index contributed by atoms with van der Waals surface area (Å²) >= 11 is 0. The van der Waals surface area contributed by atoms with Gasteiger partial charge in [0.1, 0.15) is 5.82 Å². The minimum Gasteiger partial charge on any atom is -0.346 e. The van der Waals surface area contributed by atoms with Gasteiger partial charge in [-0.25, -0.2) is 4.98 Å². The standard InChI is InChI=1S/C19H25N5O/c1-14-21-17-3-2-16(12-18(17)22-14)19(25)24-10-8-23(9-11-24)13-15-4-6-20-7-5-15/h4-7,16H,2-3,8-13H2,1H3,(H,21,22). The fraction of sp³-hybridized carbons (Fsp3) is 0.526. The highest BCUT2D eigenvalue weighted by Crippen LogP contribution is 2.26. The number of pyridine rings is 1. The summed E-state index contributed by atoms with van der Waals surface area (Å²) in [4.78, 5) is 29.3. The number of carbonyl (C=O) groups is 1. The van der Waals surface area contributed by atoms with Gasteiger partial charge in [-0.15, -0.1) is 0 Å². The second-order valence-corrected chi connectivity index (χ2v) is 7.14. The summed E-state index contributed by atoms with van der Waals surface area (Å²) in [5.41, 5.74) is 3.60. The summed E-state index contributed by atoms with van der Waals surface area (Å²) in [6, 6.07) is 4.12. The Labute approximate surface area is 148 Å². The van der Waals surface area contributed by atoms with Gasteiger partial charge < -0.3 is 9.88 Å². The molecule has 2 aliphatic rings. The molecule has 2 aromatic rings. The zero-order chi connectivity index (χ0) is 17.2. The third kappa shape index (κ3) is 3.58. The molecule has 6 heteroatoms. The van der Waals surface area contributed by atoms with Gasteiger partial charge in [0, 0.05) is 63.2 Å². The van der Waals surface area contributed by atoms with Crippen LogP contribution < -0.4 is 0 Å². The van der Waals surface area contributed by atoms with E-state index in [0.717, 1.165) is 63.5 Å². The molecule has 2 aromatic heterocycles. The second kappa shape index (κ2) is 6.96. The van der Waals surface area contributed by atoms with Crippen molar-refractivity contribution in [1.29, 1.82) is 0 Å². The highest BCUT2D eigenvalue weighted by atomic mass is 16.2. The molecule has 0 spiro atoms. The molecule has 25 heavy (non-hydrogen) atoms. The number of aryl methyl sites for hydroxylation is 2. The lowest BCUT2D eigenvalue weighted by molar-refractivity contribution is -0.137. The zero-order valence-electron chi connectivity index (χ0n) is 14.7. The first-order valence-corrected chi connectivity index (χ1v) is 9.13. The van der Waals surface area contributed by atoms with Crippen LogP contribution in [0.25, 0.3) is 0 Å². The van der Waals surface area contributed by atoms with Crippen molar-refractivity contribution < 1.29 is 4.79 Å². The Morgan fingerprint density at radius 3 is 2.76 bits per heavy atom. The third-order valence-corrected chi connectivity index (χ3v) is 5.35. The lowest BCUT2D eigenvalue weighted by atomic mass is 9.88. The third-order valence-electron chi connectivity index (χ3n) is 5.35. The molecule has 1 saturated heterocycles. The Morgan fingerprint density at radius 2 is 2.00 bits per heavy atom. The van der Waals surface area contributed by atoms with Crippen molar-refractivity contribution in [2.24, 2.45) is 5.92 Å². The molecule has 0 radical (unpaired) electrons. The normalized spacial score (nSPS) is 21.2. The minimum atomic E-state index is 0.110. The van der Waals surface area contributed by atoms with E-state index in [4.69, 9.17) is 0 Å². The maximum absolute atomic E-state index is 12.9. The zero-order valence-corrected chi connectivity index (χ0v) is 14.7. The van der Waals surface area contributed by atoms with Gasteiger partial charge in [-0.05, 0) is 37.5 Å². The fourth-order valence-corrected chi connectivity index (χ4v) is 3.97. The SMILES string of the molecule is Cc1nc2c([nH]1)CC(C(=O)N1CCN(Cc3ccncc3)CC1)CC2. The van der Waals surface area contributed by atoms with Crippen molar-refractivity contribution in [1.82, 2.24) is 24.8 Å². The molecular formula is C19H25N5O. The number of fused-ring (bicyclic) bond motifs is 1. The Hall–Kier alpha value is -2.21. The van der Waals surface area contributed by atoms with Crippen LogP contribution >= 0.6 is 0 Å². The molecule has 1 N–H and O–H groups in total. The molecule has 0 aromatic carbocycles. The molecule has 3 heterocycles. The summed E-state index contributed by atoms with van der Waals surface area (Å²) in [7, 11) is 0. The van der Waals surface area contributed by atoms with Crippen molar-refractivity contribution >= 4 is 5.91 Å². The average molecular weight is 339 g/mol. The van der Waals surface area contributed by atoms with Gasteiger partial charge in [0.15, 0.2) is 0 Å². The van der Waals surface area contributed by atoms with Crippen molar-refractivity contribution in [2.45, 2.75) is 32.7 Å². The molecule has 0 bridgehead atoms. The molecule has 1 fully saturated rings. The van der Waals surface area contributed by atoms with E-state index in [0.29, 0.717) is 5.91 Å². The van der Waals surface area contributed by atoms with Crippen LogP contribution in [-0.2, 0) is 24.2 Å². The van der Waals surface area contributed by atoms with E-state index in [-0.39, 0.29) is 5.92 Å². The van der Waals surface area contributed by atoms with Crippen LogP contribution in [0.3, 0.4) is 0 Å². The topological polar surface area (TPSA) is 65.1 Å². The summed E-state index contributed by atoms with van der Waals surface area (Å²) in [5.74, 6) is 1.39. The summed E-state index contributed by atoms with van der Waals surface area (Å²) in [6.45, 7) is 6.46. The molecule has 132 valence electrons. The van der Waals surface area contributed by atoms with Crippen LogP contribution in [0.5, 0.6) is 0 Å². The quantitative estimate of drug-likeness (QED) is 0.922. The average Bonchev–Trinajstić information content (AvgIpc) is 3.02. The van der Waals surface area contributed by atoms with Crippen LogP contribution in [0.1, 0.15) is 29.2 Å². The number of carbonyl (C=O) groups excluding carboxylic acids is 1. The van der Waals surface area contributed by atoms with E-state index in [2.05, 4.69) is 36.9 Å². The number of hydrogen-bond acceptors (Lipinski definition) is 4. The van der Waals surface area contributed by atoms with Crippen LogP contribution in [0, 0.1) is 12.8 Å². The smallest absolute Gasteiger partial charge is 0.226 e. The van der Waals surface area contributed by atoms with Crippen molar-refractivity contribution in [3.63, 3.8) is 0 Å². The number of imidazole rings is 1. The monoisotopic (exact) mass is 339 g/mol. The number of piperazine rings is 1. The summed E-state index contributed by atoms with van der Waals surface area (Å²) in [5, 5.41) is 0. The van der Waals surface area contributed by atoms with Gasteiger partial charge in [0.2, 0.25) is 5.91 Å². The Morgan fingerprint density at radius 1 is 1.24 bits per heavy atom. The molecule has 1 aliphatic heterocycles. The molecule has 0 saturated carbocycles. The van der Waals surface area contributed by atoms with E-state index in [1.165, 1.54) is 11.3 Å². The fourth-order valence-electron chi connectivity index (χ4n) is 3.97. The van der Waals surface area contributed by atoms with Gasteiger partial charge in [-0.2, -0.15) is 0 Å². The maximum Gasteiger partial charge on any atom is 0.226 e. The van der Waals surface area contributed by atoms with Gasteiger partial charge in [-0.3, -0.25) is 14.7 Å². The number of nitrogens with one attached hydrogen (secondary N) is 1. The van der Waals surface area contributed by atoms with Gasteiger partial charge in [-0.1, -0.05) is 0 Å². The highest BCUT2D eigenvalue weighted by molar-refractivity contribution is 5.79. The number of amides is 1. The predicted molar refractivity (Wildman–Crippen MR) is 94.9 cm³/mol. The first-order chi connectivity index (χ1) is 12.2. The first-order valence-electron chi connectivity index (χ1n) is 9.13. The largest absolute Gasteiger partial charge is 0.346 e. The van der Waals surface area contributed by atoms with E-state index in [9.17, 15) is 4.79 Å². The van der Waals surface area contributed by atoms with Crippen LogP contribution in [0.4, 0.5) is 0 Å². The minimum absolute atomic E-state index is 0.110. The lowest BCUT2D eigenvalue weighted by Crippen LogP contribution is -2.50. The van der Waals surface area contributed by atoms with E-state index < -0.39 is 0 Å². The Bertz CT molecular complexity index is 734. The van der Waals surface area contributed by atoms with Crippen molar-refractivity contribution in [3.05, 3.63) is 47.3 Å². The number of H-pyrrole nitrogens is 1. The number of nitrogens with zero attached hydrogens (tertiary/aromatic N) is 4. The van der Waals surface area contributed by atoms with E-state index in [1.54, 1.807) is 0 Å². The summed E-state index contributed by atoms with van der Waals surface area (Å²) < 4.78 is 0. The first kappa shape index (κ1) is 16.3. The second-order valence-electron chi connectivity index (χ2n) is 7.14. The maximum atomic E-state index is 12.9. The van der Waals surface area contributed by atoms with Crippen LogP contribution in [-0.4, -0.2) is 56.8 Å². The highest BCUT2D eigenvalue weighted by Gasteiger charge is 2.31. The van der Waals surface area contributed by atoms with Crippen molar-refractivity contribution in [2.75, 3.05) is 26.2 Å². The number of hydrogen-bond donors (Lipinski definition) is 1. The lowest BCUT2D eigenvalue weighted by Gasteiger charge is -2.37. The summed E-state index contributed by atoms with van der Waals surface area (Å²) in [6.07, 6.45) is 6.32. The molecule has 1 aliphatic carbocycles. The van der Waals surface area contributed by atoms with Crippen molar-refractivity contribution in [3.8, 4) is 0 Å². The van der Waals surface area contributed by atoms with E-state index >= 15 is 0 Å². The molecule has 1 atom stereocenters. The van der Waals surface area contributed by atoms with Crippen LogP contribution in [0.15, 0.2) is 24.5 Å². The number of rotatable bonds is 3. The Kier molecular flexibility index (Phi) is 4.53. The van der Waals surface area contributed by atoms with Gasteiger partial charge in [0.25, 0.3) is 0 Å². The van der Waals surface area contributed by atoms with Gasteiger partial charge in [0.05, 0.1) is 5.69 Å². The number of aromatic amines is 1. The van der Waals surface area contributed by atoms with E-state index in [1.807, 2.05) is 19.3 Å². The molecule has 4 rings (SSSR count). The molecule has 6 nitrogen and oxygen atoms in total.